The maximum absolute atomic E-state index is 13.9. The summed E-state index contributed by atoms with van der Waals surface area (Å²) in [6, 6.07) is 2.91. The zero-order valence-corrected chi connectivity index (χ0v) is 14.0. The van der Waals surface area contributed by atoms with Gasteiger partial charge < -0.3 is 5.32 Å². The lowest BCUT2D eigenvalue weighted by Gasteiger charge is -2.17. The fraction of sp³-hybridized carbons (Fsp3) is 0.538. The van der Waals surface area contributed by atoms with Gasteiger partial charge in [-0.1, -0.05) is 0 Å². The van der Waals surface area contributed by atoms with Crippen LogP contribution in [-0.2, 0) is 19.9 Å². The molecule has 2 rings (SSSR count). The predicted molar refractivity (Wildman–Crippen MR) is 80.3 cm³/mol. The van der Waals surface area contributed by atoms with Crippen LogP contribution in [0.4, 0.5) is 4.39 Å². The molecule has 9 heteroatoms. The Bertz CT molecular complexity index is 762. The van der Waals surface area contributed by atoms with E-state index in [1.54, 1.807) is 7.05 Å². The van der Waals surface area contributed by atoms with Gasteiger partial charge in [0.25, 0.3) is 0 Å². The van der Waals surface area contributed by atoms with E-state index in [1.807, 2.05) is 0 Å². The van der Waals surface area contributed by atoms with Gasteiger partial charge >= 0.3 is 0 Å². The van der Waals surface area contributed by atoms with Crippen molar-refractivity contribution in [2.45, 2.75) is 16.2 Å². The molecule has 0 amide bonds. The van der Waals surface area contributed by atoms with Gasteiger partial charge in [0.15, 0.2) is 9.84 Å². The average Bonchev–Trinajstić information content (AvgIpc) is 2.87. The second-order valence-corrected chi connectivity index (χ2v) is 9.36. The minimum absolute atomic E-state index is 0.220. The highest BCUT2D eigenvalue weighted by atomic mass is 32.2. The van der Waals surface area contributed by atoms with Crippen molar-refractivity contribution in [3.63, 3.8) is 0 Å². The SMILES string of the molecule is CNCC1CCN(S(=O)(=O)c2ccc(S(C)(=O)=O)c(F)c2)C1. The van der Waals surface area contributed by atoms with Crippen LogP contribution in [0, 0.1) is 11.7 Å². The number of nitrogens with zero attached hydrogens (tertiary/aromatic N) is 1. The monoisotopic (exact) mass is 350 g/mol. The van der Waals surface area contributed by atoms with E-state index in [0.717, 1.165) is 30.9 Å². The molecule has 1 N–H and O–H groups in total. The summed E-state index contributed by atoms with van der Waals surface area (Å²) in [6.45, 7) is 1.47. The van der Waals surface area contributed by atoms with Crippen molar-refractivity contribution in [3.8, 4) is 0 Å². The molecule has 1 aliphatic heterocycles. The van der Waals surface area contributed by atoms with Crippen molar-refractivity contribution >= 4 is 19.9 Å². The van der Waals surface area contributed by atoms with Crippen LogP contribution in [-0.4, -0.2) is 54.1 Å². The minimum Gasteiger partial charge on any atom is -0.319 e. The summed E-state index contributed by atoms with van der Waals surface area (Å²) < 4.78 is 62.9. The molecule has 1 aliphatic rings. The standard InChI is InChI=1S/C13H19FN2O4S2/c1-15-8-10-5-6-16(9-10)22(19,20)11-3-4-13(12(14)7-11)21(2,17)18/h3-4,7,10,15H,5-6,8-9H2,1-2H3. The molecule has 0 saturated carbocycles. The van der Waals surface area contributed by atoms with Crippen molar-refractivity contribution in [3.05, 3.63) is 24.0 Å². The van der Waals surface area contributed by atoms with Crippen LogP contribution in [0.15, 0.2) is 28.0 Å². The van der Waals surface area contributed by atoms with Crippen LogP contribution < -0.4 is 5.32 Å². The van der Waals surface area contributed by atoms with Gasteiger partial charge in [-0.15, -0.1) is 0 Å². The van der Waals surface area contributed by atoms with Gasteiger partial charge in [0.05, 0.1) is 4.90 Å². The molecular weight excluding hydrogens is 331 g/mol. The normalized spacial score (nSPS) is 20.4. The third kappa shape index (κ3) is 3.48. The molecule has 1 heterocycles. The summed E-state index contributed by atoms with van der Waals surface area (Å²) in [5.41, 5.74) is 0. The number of hydrogen-bond acceptors (Lipinski definition) is 5. The van der Waals surface area contributed by atoms with E-state index in [1.165, 1.54) is 4.31 Å². The predicted octanol–water partition coefficient (Wildman–Crippen LogP) is 0.459. The Labute approximate surface area is 130 Å². The number of benzene rings is 1. The summed E-state index contributed by atoms with van der Waals surface area (Å²) >= 11 is 0. The fourth-order valence-corrected chi connectivity index (χ4v) is 4.83. The Morgan fingerprint density at radius 1 is 1.32 bits per heavy atom. The van der Waals surface area contributed by atoms with E-state index in [-0.39, 0.29) is 10.8 Å². The zero-order valence-electron chi connectivity index (χ0n) is 12.4. The highest BCUT2D eigenvalue weighted by Crippen LogP contribution is 2.26. The molecule has 0 spiro atoms. The Morgan fingerprint density at radius 2 is 2.00 bits per heavy atom. The van der Waals surface area contributed by atoms with Crippen molar-refractivity contribution < 1.29 is 21.2 Å². The molecule has 22 heavy (non-hydrogen) atoms. The third-order valence-corrected chi connectivity index (χ3v) is 6.67. The summed E-state index contributed by atoms with van der Waals surface area (Å²) in [5.74, 6) is -0.825. The second kappa shape index (κ2) is 6.23. The van der Waals surface area contributed by atoms with Gasteiger partial charge in [-0.05, 0) is 44.1 Å². The first-order chi connectivity index (χ1) is 10.2. The van der Waals surface area contributed by atoms with Gasteiger partial charge in [-0.3, -0.25) is 0 Å². The average molecular weight is 350 g/mol. The minimum atomic E-state index is -3.80. The van der Waals surface area contributed by atoms with Gasteiger partial charge in [-0.2, -0.15) is 4.31 Å². The molecule has 0 radical (unpaired) electrons. The van der Waals surface area contributed by atoms with E-state index < -0.39 is 30.6 Å². The second-order valence-electron chi connectivity index (χ2n) is 5.44. The Balaban J connectivity index is 2.30. The quantitative estimate of drug-likeness (QED) is 0.834. The lowest BCUT2D eigenvalue weighted by Crippen LogP contribution is -2.30. The lowest BCUT2D eigenvalue weighted by molar-refractivity contribution is 0.450. The molecule has 1 aromatic carbocycles. The first-order valence-corrected chi connectivity index (χ1v) is 10.1. The molecule has 124 valence electrons. The van der Waals surface area contributed by atoms with Gasteiger partial charge in [0.1, 0.15) is 10.7 Å². The topological polar surface area (TPSA) is 83.6 Å². The molecule has 1 aromatic rings. The summed E-state index contributed by atoms with van der Waals surface area (Å²) in [6.07, 6.45) is 1.62. The summed E-state index contributed by atoms with van der Waals surface area (Å²) in [7, 11) is -5.72. The van der Waals surface area contributed by atoms with Gasteiger partial charge in [0, 0.05) is 19.3 Å². The number of sulfone groups is 1. The summed E-state index contributed by atoms with van der Waals surface area (Å²) in [4.78, 5) is -0.719. The number of nitrogens with one attached hydrogen (secondary N) is 1. The van der Waals surface area contributed by atoms with Crippen molar-refractivity contribution in [2.75, 3.05) is 32.9 Å². The number of sulfonamides is 1. The highest BCUT2D eigenvalue weighted by molar-refractivity contribution is 7.90. The number of hydrogen-bond donors (Lipinski definition) is 1. The van der Waals surface area contributed by atoms with Crippen LogP contribution >= 0.6 is 0 Å². The molecular formula is C13H19FN2O4S2. The highest BCUT2D eigenvalue weighted by Gasteiger charge is 2.32. The molecule has 0 aliphatic carbocycles. The van der Waals surface area contributed by atoms with E-state index in [0.29, 0.717) is 19.6 Å². The molecule has 1 fully saturated rings. The van der Waals surface area contributed by atoms with E-state index in [4.69, 9.17) is 0 Å². The van der Waals surface area contributed by atoms with Crippen LogP contribution in [0.25, 0.3) is 0 Å². The Morgan fingerprint density at radius 3 is 2.55 bits per heavy atom. The van der Waals surface area contributed by atoms with Crippen LogP contribution in [0.5, 0.6) is 0 Å². The Hall–Kier alpha value is -1.03. The zero-order chi connectivity index (χ0) is 16.5. The molecule has 0 bridgehead atoms. The molecule has 6 nitrogen and oxygen atoms in total. The van der Waals surface area contributed by atoms with Crippen molar-refractivity contribution in [1.82, 2.24) is 9.62 Å². The lowest BCUT2D eigenvalue weighted by atomic mass is 10.1. The molecule has 1 atom stereocenters. The fourth-order valence-electron chi connectivity index (χ4n) is 2.56. The first-order valence-electron chi connectivity index (χ1n) is 6.80. The molecule has 0 aromatic heterocycles. The number of halogens is 1. The van der Waals surface area contributed by atoms with E-state index >= 15 is 0 Å². The van der Waals surface area contributed by atoms with Crippen LogP contribution in [0.1, 0.15) is 6.42 Å². The number of rotatable bonds is 5. The van der Waals surface area contributed by atoms with E-state index in [2.05, 4.69) is 5.32 Å². The molecule has 1 unspecified atom stereocenters. The summed E-state index contributed by atoms with van der Waals surface area (Å²) in [5, 5.41) is 3.01. The van der Waals surface area contributed by atoms with E-state index in [9.17, 15) is 21.2 Å². The maximum atomic E-state index is 13.9. The van der Waals surface area contributed by atoms with Gasteiger partial charge in [-0.25, -0.2) is 21.2 Å². The van der Waals surface area contributed by atoms with Crippen molar-refractivity contribution in [1.29, 1.82) is 0 Å². The first kappa shape index (κ1) is 17.3. The van der Waals surface area contributed by atoms with Crippen LogP contribution in [0.2, 0.25) is 0 Å². The van der Waals surface area contributed by atoms with Crippen LogP contribution in [0.3, 0.4) is 0 Å². The maximum Gasteiger partial charge on any atom is 0.243 e. The molecule has 1 saturated heterocycles. The smallest absolute Gasteiger partial charge is 0.243 e. The third-order valence-electron chi connectivity index (χ3n) is 3.68. The van der Waals surface area contributed by atoms with Crippen molar-refractivity contribution in [2.24, 2.45) is 5.92 Å². The largest absolute Gasteiger partial charge is 0.319 e. The van der Waals surface area contributed by atoms with Gasteiger partial charge in [0.2, 0.25) is 10.0 Å². The Kier molecular flexibility index (Phi) is 4.90.